The Balaban J connectivity index is 2.15. The van der Waals surface area contributed by atoms with E-state index in [1.165, 1.54) is 22.4 Å². The zero-order valence-corrected chi connectivity index (χ0v) is 11.1. The standard InChI is InChI=1S/C15H15NS/c1-10-15(2,3)13-8-11(4-5-14(13)16-10)12-6-7-17-9-12/h4-9H,1-3H3. The van der Waals surface area contributed by atoms with Crippen molar-refractivity contribution < 1.29 is 0 Å². The Morgan fingerprint density at radius 2 is 1.94 bits per heavy atom. The van der Waals surface area contributed by atoms with Gasteiger partial charge in [-0.15, -0.1) is 0 Å². The lowest BCUT2D eigenvalue weighted by atomic mass is 9.81. The molecule has 86 valence electrons. The van der Waals surface area contributed by atoms with Crippen molar-refractivity contribution in [1.29, 1.82) is 0 Å². The minimum Gasteiger partial charge on any atom is -0.257 e. The molecule has 0 amide bonds. The average Bonchev–Trinajstić information content (AvgIpc) is 2.88. The van der Waals surface area contributed by atoms with Gasteiger partial charge in [0.15, 0.2) is 0 Å². The first-order valence-corrected chi connectivity index (χ1v) is 6.76. The molecule has 0 unspecified atom stereocenters. The predicted molar refractivity (Wildman–Crippen MR) is 75.6 cm³/mol. The third-order valence-corrected chi connectivity index (χ3v) is 4.40. The lowest BCUT2D eigenvalue weighted by molar-refractivity contribution is 0.733. The number of rotatable bonds is 1. The molecule has 17 heavy (non-hydrogen) atoms. The monoisotopic (exact) mass is 241 g/mol. The third-order valence-electron chi connectivity index (χ3n) is 3.72. The van der Waals surface area contributed by atoms with Crippen molar-refractivity contribution in [3.05, 3.63) is 40.6 Å². The summed E-state index contributed by atoms with van der Waals surface area (Å²) in [4.78, 5) is 4.65. The van der Waals surface area contributed by atoms with Gasteiger partial charge in [-0.3, -0.25) is 4.99 Å². The Hall–Kier alpha value is -1.41. The molecule has 0 saturated heterocycles. The van der Waals surface area contributed by atoms with Crippen LogP contribution < -0.4 is 0 Å². The van der Waals surface area contributed by atoms with Crippen molar-refractivity contribution >= 4 is 22.7 Å². The molecule has 2 heteroatoms. The highest BCUT2D eigenvalue weighted by molar-refractivity contribution is 7.08. The van der Waals surface area contributed by atoms with E-state index in [0.717, 1.165) is 5.69 Å². The summed E-state index contributed by atoms with van der Waals surface area (Å²) in [6, 6.07) is 8.76. The van der Waals surface area contributed by atoms with Crippen molar-refractivity contribution in [1.82, 2.24) is 0 Å². The highest BCUT2D eigenvalue weighted by atomic mass is 32.1. The normalized spacial score (nSPS) is 16.8. The third kappa shape index (κ3) is 1.55. The highest BCUT2D eigenvalue weighted by Gasteiger charge is 2.32. The fourth-order valence-electron chi connectivity index (χ4n) is 2.26. The van der Waals surface area contributed by atoms with Gasteiger partial charge < -0.3 is 0 Å². The van der Waals surface area contributed by atoms with E-state index in [1.54, 1.807) is 11.3 Å². The largest absolute Gasteiger partial charge is 0.257 e. The highest BCUT2D eigenvalue weighted by Crippen LogP contribution is 2.41. The number of hydrogen-bond donors (Lipinski definition) is 0. The Morgan fingerprint density at radius 1 is 1.12 bits per heavy atom. The second-order valence-corrected chi connectivity index (χ2v) is 5.85. The predicted octanol–water partition coefficient (Wildman–Crippen LogP) is 4.80. The van der Waals surface area contributed by atoms with E-state index < -0.39 is 0 Å². The van der Waals surface area contributed by atoms with Gasteiger partial charge in [0.1, 0.15) is 0 Å². The average molecular weight is 241 g/mol. The van der Waals surface area contributed by atoms with Crippen molar-refractivity contribution in [2.24, 2.45) is 4.99 Å². The van der Waals surface area contributed by atoms with E-state index in [2.05, 4.69) is 60.8 Å². The van der Waals surface area contributed by atoms with Crippen LogP contribution in [0.2, 0.25) is 0 Å². The molecule has 0 saturated carbocycles. The molecule has 1 aromatic heterocycles. The summed E-state index contributed by atoms with van der Waals surface area (Å²) in [6.07, 6.45) is 0. The smallest absolute Gasteiger partial charge is 0.0671 e. The van der Waals surface area contributed by atoms with Gasteiger partial charge in [-0.05, 0) is 52.6 Å². The molecule has 0 spiro atoms. The van der Waals surface area contributed by atoms with E-state index in [0.29, 0.717) is 0 Å². The summed E-state index contributed by atoms with van der Waals surface area (Å²) in [5, 5.41) is 4.31. The van der Waals surface area contributed by atoms with Gasteiger partial charge >= 0.3 is 0 Å². The van der Waals surface area contributed by atoms with Gasteiger partial charge in [0, 0.05) is 11.1 Å². The molecule has 0 radical (unpaired) electrons. The molecule has 3 rings (SSSR count). The van der Waals surface area contributed by atoms with E-state index in [4.69, 9.17) is 0 Å². The first-order valence-electron chi connectivity index (χ1n) is 5.82. The van der Waals surface area contributed by atoms with Gasteiger partial charge in [0.05, 0.1) is 5.69 Å². The molecule has 0 atom stereocenters. The van der Waals surface area contributed by atoms with Gasteiger partial charge in [0.25, 0.3) is 0 Å². The maximum absolute atomic E-state index is 4.65. The molecule has 1 aromatic carbocycles. The topological polar surface area (TPSA) is 12.4 Å². The second kappa shape index (κ2) is 3.54. The Labute approximate surface area is 106 Å². The molecule has 0 bridgehead atoms. The molecule has 1 nitrogen and oxygen atoms in total. The summed E-state index contributed by atoms with van der Waals surface area (Å²) in [6.45, 7) is 6.61. The molecule has 0 fully saturated rings. The molecule has 2 heterocycles. The summed E-state index contributed by atoms with van der Waals surface area (Å²) >= 11 is 1.74. The van der Waals surface area contributed by atoms with Gasteiger partial charge in [-0.25, -0.2) is 0 Å². The Morgan fingerprint density at radius 3 is 2.65 bits per heavy atom. The number of fused-ring (bicyclic) bond motifs is 1. The Kier molecular flexibility index (Phi) is 2.23. The van der Waals surface area contributed by atoms with E-state index >= 15 is 0 Å². The van der Waals surface area contributed by atoms with Crippen LogP contribution in [0.15, 0.2) is 40.0 Å². The van der Waals surface area contributed by atoms with Crippen molar-refractivity contribution in [2.45, 2.75) is 26.2 Å². The fraction of sp³-hybridized carbons (Fsp3) is 0.267. The zero-order chi connectivity index (χ0) is 12.0. The van der Waals surface area contributed by atoms with Crippen LogP contribution in [0, 0.1) is 0 Å². The maximum Gasteiger partial charge on any atom is 0.0671 e. The first kappa shape index (κ1) is 10.7. The molecular weight excluding hydrogens is 226 g/mol. The summed E-state index contributed by atoms with van der Waals surface area (Å²) < 4.78 is 0. The zero-order valence-electron chi connectivity index (χ0n) is 10.3. The van der Waals surface area contributed by atoms with Gasteiger partial charge in [-0.1, -0.05) is 19.9 Å². The molecular formula is C15H15NS. The quantitative estimate of drug-likeness (QED) is 0.680. The van der Waals surface area contributed by atoms with Gasteiger partial charge in [-0.2, -0.15) is 11.3 Å². The van der Waals surface area contributed by atoms with Crippen LogP contribution >= 0.6 is 11.3 Å². The van der Waals surface area contributed by atoms with Crippen molar-refractivity contribution in [3.63, 3.8) is 0 Å². The number of nitrogens with zero attached hydrogens (tertiary/aromatic N) is 1. The lowest BCUT2D eigenvalue weighted by Gasteiger charge is -2.20. The first-order chi connectivity index (χ1) is 8.09. The number of thiophene rings is 1. The Bertz CT molecular complexity index is 591. The van der Waals surface area contributed by atoms with Crippen LogP contribution in [0.25, 0.3) is 11.1 Å². The van der Waals surface area contributed by atoms with Crippen LogP contribution in [0.5, 0.6) is 0 Å². The van der Waals surface area contributed by atoms with Crippen LogP contribution in [0.3, 0.4) is 0 Å². The van der Waals surface area contributed by atoms with E-state index in [-0.39, 0.29) is 5.41 Å². The number of benzene rings is 1. The summed E-state index contributed by atoms with van der Waals surface area (Å²) in [7, 11) is 0. The van der Waals surface area contributed by atoms with Crippen LogP contribution in [0.1, 0.15) is 26.3 Å². The molecule has 1 aliphatic rings. The summed E-state index contributed by atoms with van der Waals surface area (Å²) in [5.41, 5.74) is 6.35. The van der Waals surface area contributed by atoms with E-state index in [1.807, 2.05) is 0 Å². The summed E-state index contributed by atoms with van der Waals surface area (Å²) in [5.74, 6) is 0. The number of hydrogen-bond acceptors (Lipinski definition) is 2. The van der Waals surface area contributed by atoms with Gasteiger partial charge in [0.2, 0.25) is 0 Å². The van der Waals surface area contributed by atoms with Crippen LogP contribution in [-0.4, -0.2) is 5.71 Å². The SMILES string of the molecule is CC1=Nc2ccc(-c3ccsc3)cc2C1(C)C. The lowest BCUT2D eigenvalue weighted by Crippen LogP contribution is -2.22. The minimum absolute atomic E-state index is 0.0708. The fourth-order valence-corrected chi connectivity index (χ4v) is 2.92. The van der Waals surface area contributed by atoms with E-state index in [9.17, 15) is 0 Å². The maximum atomic E-state index is 4.65. The number of aliphatic imine (C=N–C) groups is 1. The van der Waals surface area contributed by atoms with Crippen molar-refractivity contribution in [3.8, 4) is 11.1 Å². The second-order valence-electron chi connectivity index (χ2n) is 5.07. The minimum atomic E-state index is 0.0708. The molecule has 0 aliphatic carbocycles. The van der Waals surface area contributed by atoms with Crippen molar-refractivity contribution in [2.75, 3.05) is 0 Å². The molecule has 1 aliphatic heterocycles. The van der Waals surface area contributed by atoms with Crippen LogP contribution in [-0.2, 0) is 5.41 Å². The molecule has 0 N–H and O–H groups in total. The molecule has 2 aromatic rings. The van der Waals surface area contributed by atoms with Crippen LogP contribution in [0.4, 0.5) is 5.69 Å².